The first kappa shape index (κ1) is 18.3. The number of benzene rings is 1. The number of nitrogens with one attached hydrogen (secondary N) is 4. The van der Waals surface area contributed by atoms with Gasteiger partial charge in [-0.15, -0.1) is 12.4 Å². The summed E-state index contributed by atoms with van der Waals surface area (Å²) in [6, 6.07) is 6.95. The lowest BCUT2D eigenvalue weighted by Gasteiger charge is -2.12. The summed E-state index contributed by atoms with van der Waals surface area (Å²) in [6.45, 7) is 5.43. The van der Waals surface area contributed by atoms with Crippen LogP contribution in [0.2, 0.25) is 0 Å². The summed E-state index contributed by atoms with van der Waals surface area (Å²) in [5.41, 5.74) is 1.43. The van der Waals surface area contributed by atoms with E-state index in [9.17, 15) is 9.59 Å². The van der Waals surface area contributed by atoms with Crippen LogP contribution >= 0.6 is 12.4 Å². The summed E-state index contributed by atoms with van der Waals surface area (Å²) in [6.07, 6.45) is 0.876. The molecule has 3 amide bonds. The summed E-state index contributed by atoms with van der Waals surface area (Å²) < 4.78 is 0. The molecule has 0 saturated carbocycles. The third-order valence-corrected chi connectivity index (χ3v) is 3.26. The minimum atomic E-state index is -0.237. The van der Waals surface area contributed by atoms with Gasteiger partial charge >= 0.3 is 6.03 Å². The summed E-state index contributed by atoms with van der Waals surface area (Å²) in [4.78, 5) is 23.5. The van der Waals surface area contributed by atoms with Gasteiger partial charge < -0.3 is 21.3 Å². The van der Waals surface area contributed by atoms with Crippen molar-refractivity contribution < 1.29 is 9.59 Å². The van der Waals surface area contributed by atoms with Crippen LogP contribution in [0.4, 0.5) is 16.2 Å². The Morgan fingerprint density at radius 3 is 2.23 bits per heavy atom. The fourth-order valence-electron chi connectivity index (χ4n) is 2.19. The second kappa shape index (κ2) is 8.60. The molecular weight excluding hydrogens is 304 g/mol. The summed E-state index contributed by atoms with van der Waals surface area (Å²) in [5, 5.41) is 11.5. The predicted molar refractivity (Wildman–Crippen MR) is 90.6 cm³/mol. The van der Waals surface area contributed by atoms with E-state index in [1.807, 2.05) is 13.8 Å². The molecule has 4 N–H and O–H groups in total. The normalized spacial score (nSPS) is 16.8. The van der Waals surface area contributed by atoms with Gasteiger partial charge in [-0.05, 0) is 51.1 Å². The average Bonchev–Trinajstić information content (AvgIpc) is 2.94. The van der Waals surface area contributed by atoms with Crippen LogP contribution in [0.1, 0.15) is 20.3 Å². The molecule has 0 bridgehead atoms. The molecule has 0 spiro atoms. The monoisotopic (exact) mass is 326 g/mol. The van der Waals surface area contributed by atoms with Crippen molar-refractivity contribution in [3.63, 3.8) is 0 Å². The number of urea groups is 1. The Morgan fingerprint density at radius 1 is 1.14 bits per heavy atom. The largest absolute Gasteiger partial charge is 0.336 e. The van der Waals surface area contributed by atoms with Gasteiger partial charge in [0.05, 0.1) is 5.92 Å². The zero-order valence-corrected chi connectivity index (χ0v) is 13.6. The van der Waals surface area contributed by atoms with Gasteiger partial charge in [0.15, 0.2) is 0 Å². The number of hydrogen-bond acceptors (Lipinski definition) is 3. The maximum atomic E-state index is 12.0. The molecule has 0 aliphatic carbocycles. The molecule has 0 aromatic heterocycles. The van der Waals surface area contributed by atoms with Gasteiger partial charge in [-0.1, -0.05) is 0 Å². The molecule has 1 aliphatic heterocycles. The maximum Gasteiger partial charge on any atom is 0.319 e. The quantitative estimate of drug-likeness (QED) is 0.684. The number of halogens is 1. The zero-order valence-electron chi connectivity index (χ0n) is 12.8. The zero-order chi connectivity index (χ0) is 15.2. The number of anilines is 2. The van der Waals surface area contributed by atoms with Crippen molar-refractivity contribution in [2.24, 2.45) is 5.92 Å². The van der Waals surface area contributed by atoms with Gasteiger partial charge in [0.25, 0.3) is 0 Å². The second-order valence-electron chi connectivity index (χ2n) is 5.51. The van der Waals surface area contributed by atoms with Crippen LogP contribution < -0.4 is 21.3 Å². The molecule has 22 heavy (non-hydrogen) atoms. The Labute approximate surface area is 136 Å². The fraction of sp³-hybridized carbons (Fsp3) is 0.467. The van der Waals surface area contributed by atoms with E-state index in [0.29, 0.717) is 5.69 Å². The highest BCUT2D eigenvalue weighted by Gasteiger charge is 2.22. The van der Waals surface area contributed by atoms with E-state index in [1.165, 1.54) is 0 Å². The average molecular weight is 327 g/mol. The lowest BCUT2D eigenvalue weighted by atomic mass is 10.1. The number of rotatable bonds is 4. The highest BCUT2D eigenvalue weighted by atomic mass is 35.5. The smallest absolute Gasteiger partial charge is 0.319 e. The molecule has 1 atom stereocenters. The Morgan fingerprint density at radius 2 is 1.73 bits per heavy atom. The minimum Gasteiger partial charge on any atom is -0.336 e. The first-order valence-corrected chi connectivity index (χ1v) is 7.24. The Hall–Kier alpha value is -1.79. The first-order valence-electron chi connectivity index (χ1n) is 7.24. The number of carbonyl (C=O) groups excluding carboxylic acids is 2. The lowest BCUT2D eigenvalue weighted by molar-refractivity contribution is -0.119. The minimum absolute atomic E-state index is 0. The maximum absolute atomic E-state index is 12.0. The highest BCUT2D eigenvalue weighted by molar-refractivity contribution is 5.94. The molecule has 0 radical (unpaired) electrons. The van der Waals surface area contributed by atoms with Gasteiger partial charge in [0.2, 0.25) is 5.91 Å². The second-order valence-corrected chi connectivity index (χ2v) is 5.51. The molecule has 1 saturated heterocycles. The van der Waals surface area contributed by atoms with E-state index in [4.69, 9.17) is 0 Å². The lowest BCUT2D eigenvalue weighted by Crippen LogP contribution is -2.34. The Bertz CT molecular complexity index is 499. The highest BCUT2D eigenvalue weighted by Crippen LogP contribution is 2.16. The molecule has 1 aromatic rings. The Kier molecular flexibility index (Phi) is 7.14. The van der Waals surface area contributed by atoms with E-state index >= 15 is 0 Å². The van der Waals surface area contributed by atoms with E-state index in [1.54, 1.807) is 24.3 Å². The molecule has 2 rings (SSSR count). The predicted octanol–water partition coefficient (Wildman–Crippen LogP) is 2.19. The molecule has 1 heterocycles. The molecular formula is C15H23ClN4O2. The molecule has 6 nitrogen and oxygen atoms in total. The van der Waals surface area contributed by atoms with E-state index < -0.39 is 0 Å². The van der Waals surface area contributed by atoms with Crippen molar-refractivity contribution in [2.75, 3.05) is 23.7 Å². The van der Waals surface area contributed by atoms with Gasteiger partial charge in [0.1, 0.15) is 0 Å². The summed E-state index contributed by atoms with van der Waals surface area (Å²) in [5.74, 6) is 0.0814. The first-order chi connectivity index (χ1) is 10.0. The van der Waals surface area contributed by atoms with Crippen molar-refractivity contribution >= 4 is 35.7 Å². The van der Waals surface area contributed by atoms with Crippen LogP contribution in [0.5, 0.6) is 0 Å². The van der Waals surface area contributed by atoms with Crippen molar-refractivity contribution in [3.05, 3.63) is 24.3 Å². The van der Waals surface area contributed by atoms with Crippen molar-refractivity contribution in [1.82, 2.24) is 10.6 Å². The standard InChI is InChI=1S/C15H22N4O2.ClH/c1-10(2)17-15(21)19-13-5-3-12(4-6-13)18-14(20)11-7-8-16-9-11;/h3-6,10-11,16H,7-9H2,1-2H3,(H,18,20)(H2,17,19,21);1H. The third kappa shape index (κ3) is 5.54. The van der Waals surface area contributed by atoms with Gasteiger partial charge in [-0.3, -0.25) is 4.79 Å². The van der Waals surface area contributed by atoms with Crippen molar-refractivity contribution in [1.29, 1.82) is 0 Å². The van der Waals surface area contributed by atoms with Crippen molar-refractivity contribution in [3.8, 4) is 0 Å². The number of amides is 3. The van der Waals surface area contributed by atoms with E-state index in [2.05, 4.69) is 21.3 Å². The molecule has 1 fully saturated rings. The van der Waals surface area contributed by atoms with Crippen LogP contribution in [-0.2, 0) is 4.79 Å². The number of carbonyl (C=O) groups is 2. The topological polar surface area (TPSA) is 82.3 Å². The van der Waals surface area contributed by atoms with E-state index in [-0.39, 0.29) is 36.3 Å². The van der Waals surface area contributed by atoms with E-state index in [0.717, 1.165) is 25.2 Å². The van der Waals surface area contributed by atoms with Crippen molar-refractivity contribution in [2.45, 2.75) is 26.3 Å². The number of hydrogen-bond donors (Lipinski definition) is 4. The van der Waals surface area contributed by atoms with Crippen LogP contribution in [0, 0.1) is 5.92 Å². The van der Waals surface area contributed by atoms with Crippen LogP contribution in [0.3, 0.4) is 0 Å². The Balaban J connectivity index is 0.00000242. The molecule has 1 aliphatic rings. The SMILES string of the molecule is CC(C)NC(=O)Nc1ccc(NC(=O)C2CCNC2)cc1.Cl. The third-order valence-electron chi connectivity index (χ3n) is 3.26. The van der Waals surface area contributed by atoms with Gasteiger partial charge in [-0.2, -0.15) is 0 Å². The summed E-state index contributed by atoms with van der Waals surface area (Å²) >= 11 is 0. The molecule has 1 aromatic carbocycles. The molecule has 7 heteroatoms. The van der Waals surface area contributed by atoms with Gasteiger partial charge in [0, 0.05) is 24.0 Å². The summed E-state index contributed by atoms with van der Waals surface area (Å²) in [7, 11) is 0. The molecule has 1 unspecified atom stereocenters. The fourth-order valence-corrected chi connectivity index (χ4v) is 2.19. The van der Waals surface area contributed by atoms with Crippen LogP contribution in [-0.4, -0.2) is 31.1 Å². The van der Waals surface area contributed by atoms with Crippen LogP contribution in [0.25, 0.3) is 0 Å². The van der Waals surface area contributed by atoms with Gasteiger partial charge in [-0.25, -0.2) is 4.79 Å². The van der Waals surface area contributed by atoms with Crippen LogP contribution in [0.15, 0.2) is 24.3 Å². The molecule has 122 valence electrons.